The smallest absolute Gasteiger partial charge is 0.164 e. The molecule has 0 atom stereocenters. The van der Waals surface area contributed by atoms with Gasteiger partial charge in [-0.25, -0.2) is 15.0 Å². The van der Waals surface area contributed by atoms with E-state index in [1.807, 2.05) is 24.3 Å². The lowest BCUT2D eigenvalue weighted by atomic mass is 9.91. The molecule has 5 nitrogen and oxygen atoms in total. The molecule has 5 heteroatoms. The van der Waals surface area contributed by atoms with Crippen LogP contribution in [-0.2, 0) is 0 Å². The Labute approximate surface area is 392 Å². The van der Waals surface area contributed by atoms with Gasteiger partial charge in [-0.3, -0.25) is 0 Å². The molecule has 0 N–H and O–H groups in total. The summed E-state index contributed by atoms with van der Waals surface area (Å²) in [5.74, 6) is 1.70. The first kappa shape index (κ1) is 39.2. The monoisotopic (exact) mass is 869 g/mol. The Bertz CT molecular complexity index is 3970. The van der Waals surface area contributed by atoms with E-state index in [-0.39, 0.29) is 0 Å². The van der Waals surface area contributed by atoms with Crippen molar-refractivity contribution >= 4 is 43.9 Å². The lowest BCUT2D eigenvalue weighted by molar-refractivity contribution is 0.668. The number of fused-ring (bicyclic) bond motifs is 6. The van der Waals surface area contributed by atoms with Gasteiger partial charge < -0.3 is 8.83 Å². The number of benzene rings is 10. The first-order valence-electron chi connectivity index (χ1n) is 22.8. The van der Waals surface area contributed by atoms with Crippen LogP contribution in [0.2, 0.25) is 0 Å². The van der Waals surface area contributed by atoms with Gasteiger partial charge in [0.05, 0.1) is 0 Å². The predicted molar refractivity (Wildman–Crippen MR) is 278 cm³/mol. The minimum absolute atomic E-state index is 0.551. The summed E-state index contributed by atoms with van der Waals surface area (Å²) in [6.45, 7) is 0. The molecule has 13 rings (SSSR count). The number of hydrogen-bond donors (Lipinski definition) is 0. The summed E-state index contributed by atoms with van der Waals surface area (Å²) in [5.41, 5.74) is 17.0. The fourth-order valence-corrected chi connectivity index (χ4v) is 9.56. The van der Waals surface area contributed by atoms with Gasteiger partial charge in [-0.2, -0.15) is 0 Å². The molecule has 0 saturated heterocycles. The van der Waals surface area contributed by atoms with Gasteiger partial charge in [-0.1, -0.05) is 170 Å². The fourth-order valence-electron chi connectivity index (χ4n) is 9.56. The van der Waals surface area contributed by atoms with Crippen LogP contribution < -0.4 is 0 Å². The number of furan rings is 2. The van der Waals surface area contributed by atoms with Crippen LogP contribution in [0.3, 0.4) is 0 Å². The summed E-state index contributed by atoms with van der Waals surface area (Å²) in [6.07, 6.45) is 0. The third kappa shape index (κ3) is 7.11. The van der Waals surface area contributed by atoms with Crippen molar-refractivity contribution in [3.05, 3.63) is 237 Å². The average Bonchev–Trinajstić information content (AvgIpc) is 3.99. The van der Waals surface area contributed by atoms with E-state index in [4.69, 9.17) is 23.8 Å². The molecule has 13 aromatic rings. The van der Waals surface area contributed by atoms with Crippen molar-refractivity contribution in [3.63, 3.8) is 0 Å². The minimum atomic E-state index is 0.551. The maximum absolute atomic E-state index is 6.74. The third-order valence-corrected chi connectivity index (χ3v) is 12.9. The molecular formula is C63H39N3O2. The van der Waals surface area contributed by atoms with E-state index in [0.29, 0.717) is 17.5 Å². The van der Waals surface area contributed by atoms with Crippen molar-refractivity contribution in [2.75, 3.05) is 0 Å². The molecular weight excluding hydrogens is 831 g/mol. The van der Waals surface area contributed by atoms with E-state index in [0.717, 1.165) is 105 Å². The Hall–Kier alpha value is -9.19. The minimum Gasteiger partial charge on any atom is -0.456 e. The second-order valence-electron chi connectivity index (χ2n) is 17.2. The van der Waals surface area contributed by atoms with Gasteiger partial charge in [-0.05, 0) is 122 Å². The number of nitrogens with zero attached hydrogens (tertiary/aromatic N) is 3. The van der Waals surface area contributed by atoms with E-state index in [1.54, 1.807) is 0 Å². The summed E-state index contributed by atoms with van der Waals surface area (Å²) < 4.78 is 13.0. The summed E-state index contributed by atoms with van der Waals surface area (Å²) in [6, 6.07) is 82.4. The van der Waals surface area contributed by atoms with E-state index < -0.39 is 0 Å². The maximum Gasteiger partial charge on any atom is 0.164 e. The highest BCUT2D eigenvalue weighted by atomic mass is 16.3. The SMILES string of the molecule is c1ccc(-c2cccc(-c3nc(-c4cccc(-c5ccc6c(c5)oc5ccccc56)c4)nc(-c4ccc5c(c4)oc4cccc(-c6cc(-c7ccccc7)cc(-c7ccccc7)c6)c45)n3)c2)cc1. The molecule has 0 spiro atoms. The van der Waals surface area contributed by atoms with Crippen molar-refractivity contribution in [3.8, 4) is 89.8 Å². The van der Waals surface area contributed by atoms with Crippen LogP contribution in [-0.4, -0.2) is 15.0 Å². The Balaban J connectivity index is 0.943. The highest BCUT2D eigenvalue weighted by Gasteiger charge is 2.19. The molecule has 0 radical (unpaired) electrons. The zero-order chi connectivity index (χ0) is 45.0. The number of para-hydroxylation sites is 1. The molecule has 3 heterocycles. The zero-order valence-electron chi connectivity index (χ0n) is 36.7. The second-order valence-corrected chi connectivity index (χ2v) is 17.2. The van der Waals surface area contributed by atoms with Gasteiger partial charge in [0.2, 0.25) is 0 Å². The Kier molecular flexibility index (Phi) is 9.43. The Morgan fingerprint density at radius 1 is 0.221 bits per heavy atom. The van der Waals surface area contributed by atoms with Gasteiger partial charge in [-0.15, -0.1) is 0 Å². The molecule has 0 bridgehead atoms. The van der Waals surface area contributed by atoms with Crippen LogP contribution in [0.1, 0.15) is 0 Å². The molecule has 0 fully saturated rings. The van der Waals surface area contributed by atoms with Gasteiger partial charge in [0.25, 0.3) is 0 Å². The van der Waals surface area contributed by atoms with E-state index in [9.17, 15) is 0 Å². The normalized spacial score (nSPS) is 11.5. The first-order chi connectivity index (χ1) is 33.6. The molecule has 68 heavy (non-hydrogen) atoms. The summed E-state index contributed by atoms with van der Waals surface area (Å²) in [7, 11) is 0. The van der Waals surface area contributed by atoms with Gasteiger partial charge in [0.1, 0.15) is 22.3 Å². The van der Waals surface area contributed by atoms with Crippen LogP contribution in [0.5, 0.6) is 0 Å². The zero-order valence-corrected chi connectivity index (χ0v) is 36.7. The van der Waals surface area contributed by atoms with Crippen LogP contribution in [0.25, 0.3) is 134 Å². The molecule has 318 valence electrons. The maximum atomic E-state index is 6.74. The van der Waals surface area contributed by atoms with E-state index in [2.05, 4.69) is 212 Å². The van der Waals surface area contributed by atoms with Crippen LogP contribution >= 0.6 is 0 Å². The van der Waals surface area contributed by atoms with Crippen LogP contribution in [0.15, 0.2) is 245 Å². The number of hydrogen-bond acceptors (Lipinski definition) is 5. The molecule has 0 aliphatic heterocycles. The largest absolute Gasteiger partial charge is 0.456 e. The topological polar surface area (TPSA) is 65.0 Å². The first-order valence-corrected chi connectivity index (χ1v) is 22.8. The van der Waals surface area contributed by atoms with Crippen molar-refractivity contribution in [2.24, 2.45) is 0 Å². The lowest BCUT2D eigenvalue weighted by Crippen LogP contribution is -2.00. The Morgan fingerprint density at radius 3 is 1.25 bits per heavy atom. The molecule has 0 aliphatic carbocycles. The van der Waals surface area contributed by atoms with Gasteiger partial charge >= 0.3 is 0 Å². The molecule has 3 aromatic heterocycles. The molecule has 10 aromatic carbocycles. The van der Waals surface area contributed by atoms with Crippen LogP contribution in [0.4, 0.5) is 0 Å². The van der Waals surface area contributed by atoms with Crippen molar-refractivity contribution < 1.29 is 8.83 Å². The van der Waals surface area contributed by atoms with E-state index in [1.165, 1.54) is 11.1 Å². The highest BCUT2D eigenvalue weighted by molar-refractivity contribution is 6.13. The predicted octanol–water partition coefficient (Wildman–Crippen LogP) is 17.0. The number of rotatable bonds is 8. The lowest BCUT2D eigenvalue weighted by Gasteiger charge is -2.12. The molecule has 0 saturated carbocycles. The number of aromatic nitrogens is 3. The van der Waals surface area contributed by atoms with Crippen molar-refractivity contribution in [2.45, 2.75) is 0 Å². The quantitative estimate of drug-likeness (QED) is 0.152. The molecule has 0 aliphatic rings. The molecule has 0 unspecified atom stereocenters. The molecule has 0 amide bonds. The summed E-state index contributed by atoms with van der Waals surface area (Å²) in [4.78, 5) is 15.6. The summed E-state index contributed by atoms with van der Waals surface area (Å²) in [5, 5.41) is 4.28. The van der Waals surface area contributed by atoms with Gasteiger partial charge in [0.15, 0.2) is 17.5 Å². The second kappa shape index (κ2) is 16.4. The van der Waals surface area contributed by atoms with Crippen LogP contribution in [0, 0.1) is 0 Å². The third-order valence-electron chi connectivity index (χ3n) is 12.9. The van der Waals surface area contributed by atoms with Gasteiger partial charge in [0, 0.05) is 38.2 Å². The van der Waals surface area contributed by atoms with Crippen molar-refractivity contribution in [1.82, 2.24) is 15.0 Å². The van der Waals surface area contributed by atoms with Crippen molar-refractivity contribution in [1.29, 1.82) is 0 Å². The average molecular weight is 870 g/mol. The standard InChI is InChI=1S/C63H39N3O2/c1-4-15-40(16-5-1)43-21-12-23-46(33-43)61-64-62(47-24-13-22-44(34-47)45-29-31-54-53-25-10-11-27-56(53)67-58(54)38-45)66-63(65-61)48-30-32-55-59(39-48)68-57-28-14-26-52(60(55)57)51-36-49(41-17-6-2-7-18-41)35-50(37-51)42-19-8-3-9-20-42/h1-39H. The Morgan fingerprint density at radius 2 is 0.603 bits per heavy atom. The summed E-state index contributed by atoms with van der Waals surface area (Å²) >= 11 is 0. The fraction of sp³-hybridized carbons (Fsp3) is 0. The highest BCUT2D eigenvalue weighted by Crippen LogP contribution is 2.41. The van der Waals surface area contributed by atoms with E-state index >= 15 is 0 Å².